The fourth-order valence-corrected chi connectivity index (χ4v) is 2.55. The summed E-state index contributed by atoms with van der Waals surface area (Å²) in [6.45, 7) is 0.441. The monoisotopic (exact) mass is 349 g/mol. The summed E-state index contributed by atoms with van der Waals surface area (Å²) in [4.78, 5) is 0. The van der Waals surface area contributed by atoms with Crippen molar-refractivity contribution in [1.29, 1.82) is 0 Å². The first kappa shape index (κ1) is 17.9. The quantitative estimate of drug-likeness (QED) is 0.349. The SMILES string of the molecule is CN(/N=C/c1ccc[n+](CCCS(=O)(=O)[O-])c1)c1ccc(O)cc1. The number of hydrazone groups is 1. The number of aryl methyl sites for hydroxylation is 1. The molecule has 1 aromatic carbocycles. The summed E-state index contributed by atoms with van der Waals surface area (Å²) in [6.07, 6.45) is 5.57. The average molecular weight is 349 g/mol. The van der Waals surface area contributed by atoms with Gasteiger partial charge in [0.1, 0.15) is 12.3 Å². The number of nitrogens with zero attached hydrogens (tertiary/aromatic N) is 3. The van der Waals surface area contributed by atoms with Gasteiger partial charge in [0.25, 0.3) is 0 Å². The second kappa shape index (κ2) is 7.89. The number of hydrogen-bond donors (Lipinski definition) is 1. The highest BCUT2D eigenvalue weighted by atomic mass is 32.2. The van der Waals surface area contributed by atoms with E-state index >= 15 is 0 Å². The van der Waals surface area contributed by atoms with Crippen molar-refractivity contribution in [2.75, 3.05) is 17.8 Å². The Bertz CT molecular complexity index is 804. The minimum absolute atomic E-state index is 0.195. The average Bonchev–Trinajstić information content (AvgIpc) is 2.52. The lowest BCUT2D eigenvalue weighted by Gasteiger charge is -2.12. The Morgan fingerprint density at radius 3 is 2.67 bits per heavy atom. The normalized spacial score (nSPS) is 11.8. The van der Waals surface area contributed by atoms with Gasteiger partial charge in [-0.15, -0.1) is 0 Å². The van der Waals surface area contributed by atoms with Gasteiger partial charge in [-0.3, -0.25) is 5.01 Å². The Kier molecular flexibility index (Phi) is 5.88. The maximum Gasteiger partial charge on any atom is 0.177 e. The van der Waals surface area contributed by atoms with E-state index in [1.165, 1.54) is 0 Å². The molecule has 1 N–H and O–H groups in total. The molecule has 0 fully saturated rings. The zero-order chi connectivity index (χ0) is 17.6. The van der Waals surface area contributed by atoms with Gasteiger partial charge in [0.05, 0.1) is 27.6 Å². The maximum absolute atomic E-state index is 10.6. The van der Waals surface area contributed by atoms with Crippen molar-refractivity contribution < 1.29 is 22.6 Å². The van der Waals surface area contributed by atoms with Crippen molar-refractivity contribution in [3.05, 3.63) is 54.4 Å². The maximum atomic E-state index is 10.6. The molecule has 2 aromatic rings. The molecule has 1 heterocycles. The van der Waals surface area contributed by atoms with Gasteiger partial charge in [-0.25, -0.2) is 13.0 Å². The molecule has 8 heteroatoms. The summed E-state index contributed by atoms with van der Waals surface area (Å²) in [6, 6.07) is 10.4. The molecule has 128 valence electrons. The van der Waals surface area contributed by atoms with Crippen LogP contribution in [0.1, 0.15) is 12.0 Å². The fourth-order valence-electron chi connectivity index (χ4n) is 2.07. The van der Waals surface area contributed by atoms with E-state index in [0.717, 1.165) is 11.3 Å². The second-order valence-corrected chi connectivity index (χ2v) is 6.80. The molecule has 0 saturated carbocycles. The number of pyridine rings is 1. The van der Waals surface area contributed by atoms with Crippen molar-refractivity contribution in [1.82, 2.24) is 0 Å². The lowest BCUT2D eigenvalue weighted by molar-refractivity contribution is -0.696. The molecule has 0 atom stereocenters. The van der Waals surface area contributed by atoms with E-state index < -0.39 is 10.1 Å². The van der Waals surface area contributed by atoms with E-state index in [0.29, 0.717) is 6.54 Å². The van der Waals surface area contributed by atoms with E-state index in [1.54, 1.807) is 48.7 Å². The summed E-state index contributed by atoms with van der Waals surface area (Å²) >= 11 is 0. The van der Waals surface area contributed by atoms with Gasteiger partial charge in [0, 0.05) is 25.3 Å². The molecular formula is C16H19N3O4S. The van der Waals surface area contributed by atoms with Crippen LogP contribution in [0.2, 0.25) is 0 Å². The molecule has 0 unspecified atom stereocenters. The topological polar surface area (TPSA) is 96.9 Å². The largest absolute Gasteiger partial charge is 0.748 e. The number of anilines is 1. The van der Waals surface area contributed by atoms with E-state index in [-0.39, 0.29) is 17.9 Å². The lowest BCUT2D eigenvalue weighted by Crippen LogP contribution is -2.34. The highest BCUT2D eigenvalue weighted by molar-refractivity contribution is 7.85. The smallest absolute Gasteiger partial charge is 0.177 e. The molecular weight excluding hydrogens is 330 g/mol. The van der Waals surface area contributed by atoms with Crippen LogP contribution in [-0.2, 0) is 16.7 Å². The molecule has 0 saturated heterocycles. The highest BCUT2D eigenvalue weighted by Crippen LogP contribution is 2.17. The second-order valence-electron chi connectivity index (χ2n) is 5.28. The van der Waals surface area contributed by atoms with E-state index in [4.69, 9.17) is 0 Å². The Hall–Kier alpha value is -2.45. The van der Waals surface area contributed by atoms with Gasteiger partial charge in [0.2, 0.25) is 0 Å². The number of aromatic hydroxyl groups is 1. The lowest BCUT2D eigenvalue weighted by atomic mass is 10.3. The third-order valence-electron chi connectivity index (χ3n) is 3.30. The third kappa shape index (κ3) is 5.98. The van der Waals surface area contributed by atoms with Crippen molar-refractivity contribution in [3.63, 3.8) is 0 Å². The summed E-state index contributed by atoms with van der Waals surface area (Å²) in [7, 11) is -2.38. The molecule has 0 spiro atoms. The van der Waals surface area contributed by atoms with Gasteiger partial charge < -0.3 is 9.66 Å². The van der Waals surface area contributed by atoms with Crippen molar-refractivity contribution in [2.45, 2.75) is 13.0 Å². The van der Waals surface area contributed by atoms with Gasteiger partial charge >= 0.3 is 0 Å². The summed E-state index contributed by atoms with van der Waals surface area (Å²) in [5.41, 5.74) is 1.67. The zero-order valence-corrected chi connectivity index (χ0v) is 14.1. The first-order chi connectivity index (χ1) is 11.3. The Morgan fingerprint density at radius 2 is 2.00 bits per heavy atom. The molecule has 7 nitrogen and oxygen atoms in total. The van der Waals surface area contributed by atoms with Crippen LogP contribution in [-0.4, -0.2) is 37.1 Å². The number of phenols is 1. The molecule has 0 amide bonds. The van der Waals surface area contributed by atoms with Crippen molar-refractivity contribution in [3.8, 4) is 5.75 Å². The molecule has 0 bridgehead atoms. The number of hydrogen-bond acceptors (Lipinski definition) is 6. The number of aromatic nitrogens is 1. The first-order valence-corrected chi connectivity index (χ1v) is 8.91. The van der Waals surface area contributed by atoms with E-state index in [1.807, 2.05) is 22.9 Å². The van der Waals surface area contributed by atoms with E-state index in [2.05, 4.69) is 5.10 Å². The molecule has 0 radical (unpaired) electrons. The molecule has 1 aromatic heterocycles. The minimum Gasteiger partial charge on any atom is -0.748 e. The number of rotatable bonds is 7. The van der Waals surface area contributed by atoms with Crippen LogP contribution in [0.4, 0.5) is 5.69 Å². The molecule has 0 aliphatic rings. The summed E-state index contributed by atoms with van der Waals surface area (Å²) in [5, 5.41) is 15.3. The number of benzene rings is 1. The van der Waals surface area contributed by atoms with Crippen molar-refractivity contribution >= 4 is 22.0 Å². The van der Waals surface area contributed by atoms with Crippen LogP contribution in [0.15, 0.2) is 53.9 Å². The highest BCUT2D eigenvalue weighted by Gasteiger charge is 2.04. The van der Waals surface area contributed by atoms with Gasteiger partial charge in [-0.1, -0.05) is 0 Å². The summed E-state index contributed by atoms with van der Waals surface area (Å²) in [5.74, 6) is -0.178. The molecule has 0 aliphatic carbocycles. The standard InChI is InChI=1S/C16H19N3O4S/c1-18(15-5-7-16(20)8-6-15)17-12-14-4-2-9-19(13-14)10-3-11-24(21,22)23/h2,4-9,12-13H,3,10-11H2,1H3,(H-,20,21,22,23)/b17-12+. The first-order valence-electron chi connectivity index (χ1n) is 7.33. The van der Waals surface area contributed by atoms with Gasteiger partial charge in [-0.2, -0.15) is 5.10 Å². The Labute approximate surface area is 141 Å². The minimum atomic E-state index is -4.17. The van der Waals surface area contributed by atoms with Crippen LogP contribution < -0.4 is 9.58 Å². The number of phenolic OH excluding ortho intramolecular Hbond substituents is 1. The Morgan fingerprint density at radius 1 is 1.29 bits per heavy atom. The van der Waals surface area contributed by atoms with Gasteiger partial charge in [-0.05, 0) is 30.3 Å². The van der Waals surface area contributed by atoms with Crippen LogP contribution in [0.5, 0.6) is 5.75 Å². The van der Waals surface area contributed by atoms with Gasteiger partial charge in [0.15, 0.2) is 12.4 Å². The summed E-state index contributed by atoms with van der Waals surface area (Å²) < 4.78 is 33.7. The van der Waals surface area contributed by atoms with Crippen LogP contribution in [0.3, 0.4) is 0 Å². The van der Waals surface area contributed by atoms with Crippen LogP contribution in [0, 0.1) is 0 Å². The van der Waals surface area contributed by atoms with Crippen LogP contribution in [0.25, 0.3) is 0 Å². The Balaban J connectivity index is 1.99. The molecule has 0 aliphatic heterocycles. The molecule has 24 heavy (non-hydrogen) atoms. The zero-order valence-electron chi connectivity index (χ0n) is 13.2. The fraction of sp³-hybridized carbons (Fsp3) is 0.250. The van der Waals surface area contributed by atoms with Crippen LogP contribution >= 0.6 is 0 Å². The van der Waals surface area contributed by atoms with E-state index in [9.17, 15) is 18.1 Å². The molecule has 2 rings (SSSR count). The predicted octanol–water partition coefficient (Wildman–Crippen LogP) is 1.09. The predicted molar refractivity (Wildman–Crippen MR) is 89.9 cm³/mol. The third-order valence-corrected chi connectivity index (χ3v) is 4.08. The van der Waals surface area contributed by atoms with Crippen molar-refractivity contribution in [2.24, 2.45) is 5.10 Å².